The number of ether oxygens (including phenoxy) is 1. The van der Waals surface area contributed by atoms with Crippen molar-refractivity contribution in [3.05, 3.63) is 51.0 Å². The molecule has 3 aromatic rings. The van der Waals surface area contributed by atoms with E-state index in [2.05, 4.69) is 15.1 Å². The second-order valence-electron chi connectivity index (χ2n) is 5.47. The van der Waals surface area contributed by atoms with Crippen LogP contribution in [0.15, 0.2) is 29.1 Å². The fourth-order valence-electron chi connectivity index (χ4n) is 2.94. The van der Waals surface area contributed by atoms with Crippen molar-refractivity contribution in [3.63, 3.8) is 0 Å². The minimum Gasteiger partial charge on any atom is -0.381 e. The first-order chi connectivity index (χ1) is 11.1. The summed E-state index contributed by atoms with van der Waals surface area (Å²) in [4.78, 5) is 18.9. The zero-order chi connectivity index (χ0) is 16.0. The van der Waals surface area contributed by atoms with Crippen LogP contribution in [0.5, 0.6) is 0 Å². The van der Waals surface area contributed by atoms with Crippen LogP contribution >= 0.6 is 12.2 Å². The molecule has 4 rings (SSSR count). The highest BCUT2D eigenvalue weighted by molar-refractivity contribution is 7.71. The van der Waals surface area contributed by atoms with E-state index in [1.165, 1.54) is 16.6 Å². The average molecular weight is 332 g/mol. The maximum atomic E-state index is 13.3. The van der Waals surface area contributed by atoms with Crippen molar-refractivity contribution < 1.29 is 9.13 Å². The number of aromatic amines is 2. The van der Waals surface area contributed by atoms with E-state index in [0.717, 1.165) is 23.2 Å². The van der Waals surface area contributed by atoms with E-state index in [1.807, 2.05) is 0 Å². The number of aromatic nitrogens is 4. The summed E-state index contributed by atoms with van der Waals surface area (Å²) in [5.41, 5.74) is 2.45. The largest absolute Gasteiger partial charge is 0.381 e. The highest BCUT2D eigenvalue weighted by Gasteiger charge is 2.26. The maximum absolute atomic E-state index is 13.3. The van der Waals surface area contributed by atoms with Crippen LogP contribution in [0.2, 0.25) is 0 Å². The van der Waals surface area contributed by atoms with Gasteiger partial charge in [0.15, 0.2) is 5.65 Å². The standard InChI is InChI=1S/C15H13FN4O2S/c16-10-3-1-8(2-4-10)11-12(9-5-6-22-7-9)19-20-13(11)17-14(23)18-15(20)21/h1-4,9,19H,5-7H2,(H,18,21,23). The molecule has 1 aliphatic rings. The molecule has 1 atom stereocenters. The zero-order valence-electron chi connectivity index (χ0n) is 12.0. The third-order valence-corrected chi connectivity index (χ3v) is 4.23. The van der Waals surface area contributed by atoms with Crippen LogP contribution < -0.4 is 5.69 Å². The van der Waals surface area contributed by atoms with Gasteiger partial charge in [-0.25, -0.2) is 9.18 Å². The van der Waals surface area contributed by atoms with Gasteiger partial charge in [-0.2, -0.15) is 9.50 Å². The van der Waals surface area contributed by atoms with Crippen LogP contribution in [-0.2, 0) is 4.74 Å². The maximum Gasteiger partial charge on any atom is 0.348 e. The molecule has 1 unspecified atom stereocenters. The third-order valence-electron chi connectivity index (χ3n) is 4.03. The Morgan fingerprint density at radius 2 is 2.13 bits per heavy atom. The van der Waals surface area contributed by atoms with Crippen molar-refractivity contribution in [3.8, 4) is 11.1 Å². The van der Waals surface area contributed by atoms with Gasteiger partial charge in [0.2, 0.25) is 4.77 Å². The monoisotopic (exact) mass is 332 g/mol. The highest BCUT2D eigenvalue weighted by Crippen LogP contribution is 2.35. The summed E-state index contributed by atoms with van der Waals surface area (Å²) in [5.74, 6) is -0.188. The van der Waals surface area contributed by atoms with Gasteiger partial charge in [0.25, 0.3) is 0 Å². The lowest BCUT2D eigenvalue weighted by atomic mass is 9.96. The molecule has 2 aromatic heterocycles. The Balaban J connectivity index is 2.05. The number of hydrogen-bond acceptors (Lipinski definition) is 4. The Kier molecular flexibility index (Phi) is 3.35. The van der Waals surface area contributed by atoms with E-state index in [9.17, 15) is 9.18 Å². The normalized spacial score (nSPS) is 17.9. The van der Waals surface area contributed by atoms with E-state index in [0.29, 0.717) is 18.9 Å². The van der Waals surface area contributed by atoms with Crippen molar-refractivity contribution in [1.82, 2.24) is 19.6 Å². The smallest absolute Gasteiger partial charge is 0.348 e. The van der Waals surface area contributed by atoms with Crippen molar-refractivity contribution in [2.45, 2.75) is 12.3 Å². The lowest BCUT2D eigenvalue weighted by Gasteiger charge is -2.08. The van der Waals surface area contributed by atoms with Gasteiger partial charge in [-0.15, -0.1) is 0 Å². The fourth-order valence-corrected chi connectivity index (χ4v) is 3.12. The van der Waals surface area contributed by atoms with Gasteiger partial charge in [0.05, 0.1) is 6.61 Å². The first-order valence-electron chi connectivity index (χ1n) is 7.22. The minimum absolute atomic E-state index is 0.117. The van der Waals surface area contributed by atoms with Gasteiger partial charge in [0, 0.05) is 23.8 Å². The zero-order valence-corrected chi connectivity index (χ0v) is 12.8. The van der Waals surface area contributed by atoms with E-state index in [-0.39, 0.29) is 22.2 Å². The van der Waals surface area contributed by atoms with Gasteiger partial charge in [-0.05, 0) is 36.3 Å². The van der Waals surface area contributed by atoms with Crippen LogP contribution in [0.1, 0.15) is 18.0 Å². The minimum atomic E-state index is -0.381. The van der Waals surface area contributed by atoms with Crippen LogP contribution in [0, 0.1) is 10.6 Å². The summed E-state index contributed by atoms with van der Waals surface area (Å²) in [6.07, 6.45) is 0.847. The number of rotatable bonds is 2. The average Bonchev–Trinajstić information content (AvgIpc) is 3.15. The number of nitrogens with one attached hydrogen (secondary N) is 2. The summed E-state index contributed by atoms with van der Waals surface area (Å²) in [6, 6.07) is 6.11. The molecule has 118 valence electrons. The van der Waals surface area contributed by atoms with E-state index < -0.39 is 0 Å². The van der Waals surface area contributed by atoms with Gasteiger partial charge in [-0.1, -0.05) is 12.1 Å². The lowest BCUT2D eigenvalue weighted by molar-refractivity contribution is 0.193. The summed E-state index contributed by atoms with van der Waals surface area (Å²) >= 11 is 5.02. The lowest BCUT2D eigenvalue weighted by Crippen LogP contribution is -2.18. The molecule has 0 amide bonds. The molecular weight excluding hydrogens is 319 g/mol. The summed E-state index contributed by atoms with van der Waals surface area (Å²) in [7, 11) is 0. The second kappa shape index (κ2) is 5.39. The van der Waals surface area contributed by atoms with Gasteiger partial charge < -0.3 is 4.74 Å². The number of halogens is 1. The molecule has 1 fully saturated rings. The molecule has 0 saturated carbocycles. The van der Waals surface area contributed by atoms with E-state index >= 15 is 0 Å². The van der Waals surface area contributed by atoms with E-state index in [1.54, 1.807) is 12.1 Å². The molecule has 23 heavy (non-hydrogen) atoms. The molecule has 2 N–H and O–H groups in total. The van der Waals surface area contributed by atoms with Gasteiger partial charge in [-0.3, -0.25) is 10.1 Å². The first-order valence-corrected chi connectivity index (χ1v) is 7.63. The van der Waals surface area contributed by atoms with Crippen molar-refractivity contribution >= 4 is 17.9 Å². The molecule has 1 aliphatic heterocycles. The van der Waals surface area contributed by atoms with Crippen LogP contribution in [0.25, 0.3) is 16.8 Å². The van der Waals surface area contributed by atoms with Gasteiger partial charge >= 0.3 is 5.69 Å². The molecule has 8 heteroatoms. The Morgan fingerprint density at radius 1 is 1.35 bits per heavy atom. The van der Waals surface area contributed by atoms with Crippen molar-refractivity contribution in [2.24, 2.45) is 0 Å². The number of benzene rings is 1. The molecule has 0 bridgehead atoms. The Bertz CT molecular complexity index is 983. The molecular formula is C15H13FN4O2S. The quantitative estimate of drug-likeness (QED) is 0.707. The molecule has 0 radical (unpaired) electrons. The predicted molar refractivity (Wildman–Crippen MR) is 84.6 cm³/mol. The topological polar surface area (TPSA) is 75.2 Å². The molecule has 1 aromatic carbocycles. The molecule has 3 heterocycles. The van der Waals surface area contributed by atoms with Crippen molar-refractivity contribution in [1.29, 1.82) is 0 Å². The third kappa shape index (κ3) is 2.40. The molecule has 6 nitrogen and oxygen atoms in total. The number of H-pyrrole nitrogens is 2. The predicted octanol–water partition coefficient (Wildman–Crippen LogP) is 2.39. The molecule has 0 aliphatic carbocycles. The Hall–Kier alpha value is -2.32. The highest BCUT2D eigenvalue weighted by atomic mass is 32.1. The summed E-state index contributed by atoms with van der Waals surface area (Å²) in [6.45, 7) is 1.24. The molecule has 0 spiro atoms. The summed E-state index contributed by atoms with van der Waals surface area (Å²) in [5, 5.41) is 3.11. The van der Waals surface area contributed by atoms with Crippen LogP contribution in [0.4, 0.5) is 4.39 Å². The Labute approximate surface area is 134 Å². The SMILES string of the molecule is O=c1[nH]c(=S)nc2c(-c3ccc(F)cc3)c(C3CCOC3)[nH]n12. The number of fused-ring (bicyclic) bond motifs is 1. The Morgan fingerprint density at radius 3 is 2.83 bits per heavy atom. The van der Waals surface area contributed by atoms with Crippen LogP contribution in [0.3, 0.4) is 0 Å². The van der Waals surface area contributed by atoms with Gasteiger partial charge in [0.1, 0.15) is 5.82 Å². The fraction of sp³-hybridized carbons (Fsp3) is 0.267. The van der Waals surface area contributed by atoms with Crippen molar-refractivity contribution in [2.75, 3.05) is 13.2 Å². The van der Waals surface area contributed by atoms with Crippen LogP contribution in [-0.4, -0.2) is 32.8 Å². The summed E-state index contributed by atoms with van der Waals surface area (Å²) < 4.78 is 20.2. The van der Waals surface area contributed by atoms with E-state index in [4.69, 9.17) is 17.0 Å². The number of nitrogens with zero attached hydrogens (tertiary/aromatic N) is 2. The molecule has 1 saturated heterocycles. The first kappa shape index (κ1) is 14.3. The number of hydrogen-bond donors (Lipinski definition) is 2. The second-order valence-corrected chi connectivity index (χ2v) is 5.86.